The number of carbonyl (C=O) groups is 1. The molecule has 1 heterocycles. The van der Waals surface area contributed by atoms with Crippen molar-refractivity contribution in [1.29, 1.82) is 0 Å². The lowest BCUT2D eigenvalue weighted by Gasteiger charge is -2.12. The van der Waals surface area contributed by atoms with Crippen molar-refractivity contribution in [2.24, 2.45) is 0 Å². The SMILES string of the molecule is O=C(Cn1nc(-c2ccc(Cl)cc2)c2ccccc2c1=O)NCc1ccccc1. The molecule has 0 bridgehead atoms. The van der Waals surface area contributed by atoms with E-state index in [2.05, 4.69) is 10.4 Å². The number of halogens is 1. The Morgan fingerprint density at radius 3 is 2.28 bits per heavy atom. The molecule has 0 aliphatic rings. The number of nitrogens with zero attached hydrogens (tertiary/aromatic N) is 2. The number of nitrogens with one attached hydrogen (secondary N) is 1. The second-order valence-corrected chi connectivity index (χ2v) is 7.06. The van der Waals surface area contributed by atoms with Gasteiger partial charge in [-0.1, -0.05) is 72.3 Å². The molecule has 144 valence electrons. The van der Waals surface area contributed by atoms with Crippen LogP contribution in [0.1, 0.15) is 5.56 Å². The fourth-order valence-electron chi connectivity index (χ4n) is 3.15. The van der Waals surface area contributed by atoms with Gasteiger partial charge in [0, 0.05) is 22.5 Å². The highest BCUT2D eigenvalue weighted by Crippen LogP contribution is 2.25. The van der Waals surface area contributed by atoms with Crippen molar-refractivity contribution in [3.63, 3.8) is 0 Å². The molecule has 1 N–H and O–H groups in total. The van der Waals surface area contributed by atoms with Crippen molar-refractivity contribution < 1.29 is 4.79 Å². The Labute approximate surface area is 172 Å². The minimum absolute atomic E-state index is 0.156. The maximum absolute atomic E-state index is 12.9. The minimum Gasteiger partial charge on any atom is -0.350 e. The van der Waals surface area contributed by atoms with Crippen molar-refractivity contribution in [3.05, 3.63) is 99.8 Å². The van der Waals surface area contributed by atoms with Crippen molar-refractivity contribution in [1.82, 2.24) is 15.1 Å². The summed E-state index contributed by atoms with van der Waals surface area (Å²) < 4.78 is 1.21. The van der Waals surface area contributed by atoms with Crippen molar-refractivity contribution in [2.45, 2.75) is 13.1 Å². The van der Waals surface area contributed by atoms with E-state index < -0.39 is 0 Å². The highest BCUT2D eigenvalue weighted by molar-refractivity contribution is 6.30. The molecule has 0 atom stereocenters. The molecule has 29 heavy (non-hydrogen) atoms. The van der Waals surface area contributed by atoms with E-state index in [4.69, 9.17) is 11.6 Å². The van der Waals surface area contributed by atoms with Gasteiger partial charge in [-0.15, -0.1) is 0 Å². The first-order valence-corrected chi connectivity index (χ1v) is 9.56. The molecule has 4 aromatic rings. The van der Waals surface area contributed by atoms with E-state index in [0.29, 0.717) is 22.6 Å². The number of benzene rings is 3. The fourth-order valence-corrected chi connectivity index (χ4v) is 3.28. The highest BCUT2D eigenvalue weighted by Gasteiger charge is 2.14. The molecule has 0 spiro atoms. The van der Waals surface area contributed by atoms with Crippen LogP contribution in [0.25, 0.3) is 22.0 Å². The van der Waals surface area contributed by atoms with Crippen molar-refractivity contribution >= 4 is 28.3 Å². The number of aromatic nitrogens is 2. The van der Waals surface area contributed by atoms with E-state index in [1.807, 2.05) is 54.6 Å². The fraction of sp³-hybridized carbons (Fsp3) is 0.0870. The van der Waals surface area contributed by atoms with Gasteiger partial charge in [0.05, 0.1) is 11.1 Å². The third kappa shape index (κ3) is 4.20. The standard InChI is InChI=1S/C23H18ClN3O2/c24-18-12-10-17(11-13-18)22-19-8-4-5-9-20(19)23(29)27(26-22)15-21(28)25-14-16-6-2-1-3-7-16/h1-13H,14-15H2,(H,25,28). The Kier molecular flexibility index (Phi) is 5.40. The van der Waals surface area contributed by atoms with Crippen LogP contribution >= 0.6 is 11.6 Å². The topological polar surface area (TPSA) is 64.0 Å². The second kappa shape index (κ2) is 8.29. The molecule has 6 heteroatoms. The molecular formula is C23H18ClN3O2. The molecule has 0 fully saturated rings. The predicted octanol–water partition coefficient (Wildman–Crippen LogP) is 4.03. The Hall–Kier alpha value is -3.44. The maximum atomic E-state index is 12.9. The summed E-state index contributed by atoms with van der Waals surface area (Å²) in [5.74, 6) is -0.277. The van der Waals surface area contributed by atoms with Crippen LogP contribution in [0, 0.1) is 0 Å². The molecule has 0 saturated heterocycles. The van der Waals surface area contributed by atoms with Gasteiger partial charge in [0.2, 0.25) is 5.91 Å². The molecule has 0 aliphatic carbocycles. The third-order valence-electron chi connectivity index (χ3n) is 4.61. The van der Waals surface area contributed by atoms with Crippen LogP contribution in [-0.2, 0) is 17.9 Å². The number of fused-ring (bicyclic) bond motifs is 1. The average molecular weight is 404 g/mol. The molecule has 0 unspecified atom stereocenters. The summed E-state index contributed by atoms with van der Waals surface area (Å²) in [4.78, 5) is 25.3. The van der Waals surface area contributed by atoms with Gasteiger partial charge in [-0.2, -0.15) is 5.10 Å². The number of rotatable bonds is 5. The highest BCUT2D eigenvalue weighted by atomic mass is 35.5. The zero-order valence-corrected chi connectivity index (χ0v) is 16.3. The van der Waals surface area contributed by atoms with E-state index >= 15 is 0 Å². The van der Waals surface area contributed by atoms with Gasteiger partial charge in [0.15, 0.2) is 0 Å². The first-order valence-electron chi connectivity index (χ1n) is 9.18. The van der Waals surface area contributed by atoms with Crippen LogP contribution < -0.4 is 10.9 Å². The maximum Gasteiger partial charge on any atom is 0.275 e. The lowest BCUT2D eigenvalue weighted by atomic mass is 10.1. The largest absolute Gasteiger partial charge is 0.350 e. The molecule has 0 aliphatic heterocycles. The smallest absolute Gasteiger partial charge is 0.275 e. The van der Waals surface area contributed by atoms with E-state index in [-0.39, 0.29) is 18.0 Å². The normalized spacial score (nSPS) is 10.8. The summed E-state index contributed by atoms with van der Waals surface area (Å²) in [6.07, 6.45) is 0. The molecule has 0 saturated carbocycles. The Balaban J connectivity index is 1.67. The molecule has 1 aromatic heterocycles. The van der Waals surface area contributed by atoms with Crippen LogP contribution in [0.4, 0.5) is 0 Å². The van der Waals surface area contributed by atoms with E-state index in [0.717, 1.165) is 16.5 Å². The summed E-state index contributed by atoms with van der Waals surface area (Å²) in [5.41, 5.74) is 2.14. The number of amides is 1. The summed E-state index contributed by atoms with van der Waals surface area (Å²) in [5, 5.41) is 9.20. The minimum atomic E-state index is -0.298. The van der Waals surface area contributed by atoms with Gasteiger partial charge >= 0.3 is 0 Å². The lowest BCUT2D eigenvalue weighted by molar-refractivity contribution is -0.122. The number of hydrogen-bond acceptors (Lipinski definition) is 3. The zero-order chi connectivity index (χ0) is 20.2. The Bertz CT molecular complexity index is 1220. The van der Waals surface area contributed by atoms with Gasteiger partial charge in [-0.3, -0.25) is 9.59 Å². The summed E-state index contributed by atoms with van der Waals surface area (Å²) in [7, 11) is 0. The summed E-state index contributed by atoms with van der Waals surface area (Å²) in [6.45, 7) is 0.239. The number of carbonyl (C=O) groups excluding carboxylic acids is 1. The van der Waals surface area contributed by atoms with Crippen molar-refractivity contribution in [2.75, 3.05) is 0 Å². The monoisotopic (exact) mass is 403 g/mol. The molecule has 1 amide bonds. The molecule has 5 nitrogen and oxygen atoms in total. The second-order valence-electron chi connectivity index (χ2n) is 6.63. The third-order valence-corrected chi connectivity index (χ3v) is 4.86. The van der Waals surface area contributed by atoms with E-state index in [1.54, 1.807) is 24.3 Å². The van der Waals surface area contributed by atoms with Gasteiger partial charge in [-0.25, -0.2) is 4.68 Å². The number of hydrogen-bond donors (Lipinski definition) is 1. The summed E-state index contributed by atoms with van der Waals surface area (Å²) >= 11 is 6.00. The Morgan fingerprint density at radius 1 is 0.897 bits per heavy atom. The van der Waals surface area contributed by atoms with Gasteiger partial charge in [0.1, 0.15) is 6.54 Å². The molecule has 3 aromatic carbocycles. The zero-order valence-electron chi connectivity index (χ0n) is 15.5. The molecule has 0 radical (unpaired) electrons. The predicted molar refractivity (Wildman–Crippen MR) is 115 cm³/mol. The Morgan fingerprint density at radius 2 is 1.55 bits per heavy atom. The van der Waals surface area contributed by atoms with E-state index in [9.17, 15) is 9.59 Å². The van der Waals surface area contributed by atoms with Crippen LogP contribution in [0.2, 0.25) is 5.02 Å². The van der Waals surface area contributed by atoms with Crippen molar-refractivity contribution in [3.8, 4) is 11.3 Å². The van der Waals surface area contributed by atoms with Crippen LogP contribution in [0.15, 0.2) is 83.7 Å². The molecule has 4 rings (SSSR count). The summed E-state index contributed by atoms with van der Waals surface area (Å²) in [6, 6.07) is 24.1. The van der Waals surface area contributed by atoms with Crippen LogP contribution in [0.3, 0.4) is 0 Å². The van der Waals surface area contributed by atoms with Crippen LogP contribution in [-0.4, -0.2) is 15.7 Å². The van der Waals surface area contributed by atoms with Crippen LogP contribution in [0.5, 0.6) is 0 Å². The lowest BCUT2D eigenvalue weighted by Crippen LogP contribution is -2.33. The van der Waals surface area contributed by atoms with Gasteiger partial charge in [-0.05, 0) is 23.8 Å². The average Bonchev–Trinajstić information content (AvgIpc) is 2.76. The first kappa shape index (κ1) is 18.9. The van der Waals surface area contributed by atoms with E-state index in [1.165, 1.54) is 4.68 Å². The molecular weight excluding hydrogens is 386 g/mol. The first-order chi connectivity index (χ1) is 14.1. The quantitative estimate of drug-likeness (QED) is 0.547. The van der Waals surface area contributed by atoms with Gasteiger partial charge in [0.25, 0.3) is 5.56 Å². The van der Waals surface area contributed by atoms with Gasteiger partial charge < -0.3 is 5.32 Å².